The monoisotopic (exact) mass is 204 g/mol. The third-order valence-electron chi connectivity index (χ3n) is 2.65. The smallest absolute Gasteiger partial charge is 0.131 e. The highest BCUT2D eigenvalue weighted by atomic mass is 19.1. The van der Waals surface area contributed by atoms with Crippen LogP contribution in [0, 0.1) is 5.82 Å². The van der Waals surface area contributed by atoms with Crippen molar-refractivity contribution in [2.75, 3.05) is 0 Å². The van der Waals surface area contributed by atoms with Crippen LogP contribution in [0.5, 0.6) is 0 Å². The summed E-state index contributed by atoms with van der Waals surface area (Å²) in [6.07, 6.45) is 0.116. The number of hydrogen-bond acceptors (Lipinski definition) is 1. The first-order chi connectivity index (χ1) is 7.24. The molecule has 78 valence electrons. The van der Waals surface area contributed by atoms with E-state index in [-0.39, 0.29) is 5.82 Å². The summed E-state index contributed by atoms with van der Waals surface area (Å²) < 4.78 is 13.5. The van der Waals surface area contributed by atoms with Gasteiger partial charge in [-0.05, 0) is 23.4 Å². The summed E-state index contributed by atoms with van der Waals surface area (Å²) in [5, 5.41) is 11.2. The Hall–Kier alpha value is -1.41. The van der Waals surface area contributed by atoms with Gasteiger partial charge in [0.25, 0.3) is 0 Å². The van der Waals surface area contributed by atoms with Gasteiger partial charge >= 0.3 is 0 Å². The first-order valence-corrected chi connectivity index (χ1v) is 5.09. The van der Waals surface area contributed by atoms with Crippen molar-refractivity contribution in [1.29, 1.82) is 0 Å². The lowest BCUT2D eigenvalue weighted by molar-refractivity contribution is 0.175. The Kier molecular flexibility index (Phi) is 2.69. The zero-order valence-electron chi connectivity index (χ0n) is 8.57. The molecule has 0 spiro atoms. The van der Waals surface area contributed by atoms with Crippen LogP contribution in [0.4, 0.5) is 4.39 Å². The Morgan fingerprint density at radius 1 is 1.13 bits per heavy atom. The van der Waals surface area contributed by atoms with E-state index in [1.807, 2.05) is 19.1 Å². The van der Waals surface area contributed by atoms with Crippen LogP contribution < -0.4 is 0 Å². The fourth-order valence-electron chi connectivity index (χ4n) is 1.80. The molecule has 0 radical (unpaired) electrons. The van der Waals surface area contributed by atoms with Gasteiger partial charge in [-0.25, -0.2) is 4.39 Å². The summed E-state index contributed by atoms with van der Waals surface area (Å²) >= 11 is 0. The standard InChI is InChI=1S/C13H13FO/c1-2-13(15)11-7-8-12(14)10-6-4-3-5-9(10)11/h3-8,13,15H,2H2,1H3/t13-/m1/s1. The molecule has 0 saturated heterocycles. The fraction of sp³-hybridized carbons (Fsp3) is 0.231. The van der Waals surface area contributed by atoms with Gasteiger partial charge in [0.1, 0.15) is 5.82 Å². The van der Waals surface area contributed by atoms with Crippen molar-refractivity contribution in [2.24, 2.45) is 0 Å². The van der Waals surface area contributed by atoms with Crippen LogP contribution in [0.15, 0.2) is 36.4 Å². The molecule has 0 bridgehead atoms. The molecular formula is C13H13FO. The molecule has 1 N–H and O–H groups in total. The van der Waals surface area contributed by atoms with Gasteiger partial charge in [-0.1, -0.05) is 37.3 Å². The predicted molar refractivity (Wildman–Crippen MR) is 59.2 cm³/mol. The molecule has 2 aromatic rings. The maximum absolute atomic E-state index is 13.5. The maximum Gasteiger partial charge on any atom is 0.131 e. The van der Waals surface area contributed by atoms with Crippen molar-refractivity contribution in [1.82, 2.24) is 0 Å². The Morgan fingerprint density at radius 2 is 1.80 bits per heavy atom. The van der Waals surface area contributed by atoms with Crippen LogP contribution in [0.25, 0.3) is 10.8 Å². The fourth-order valence-corrected chi connectivity index (χ4v) is 1.80. The number of rotatable bonds is 2. The molecule has 0 aliphatic rings. The molecule has 0 heterocycles. The SMILES string of the molecule is CC[C@@H](O)c1ccc(F)c2ccccc12. The molecule has 0 aromatic heterocycles. The molecular weight excluding hydrogens is 191 g/mol. The van der Waals surface area contributed by atoms with E-state index in [0.29, 0.717) is 11.8 Å². The van der Waals surface area contributed by atoms with Crippen molar-refractivity contribution in [3.05, 3.63) is 47.8 Å². The lowest BCUT2D eigenvalue weighted by atomic mass is 9.99. The minimum absolute atomic E-state index is 0.238. The molecule has 2 aromatic carbocycles. The Labute approximate surface area is 88.2 Å². The third kappa shape index (κ3) is 1.73. The molecule has 1 atom stereocenters. The molecule has 0 amide bonds. The highest BCUT2D eigenvalue weighted by Gasteiger charge is 2.10. The number of halogens is 1. The summed E-state index contributed by atoms with van der Waals surface area (Å²) in [6.45, 7) is 1.91. The van der Waals surface area contributed by atoms with Crippen molar-refractivity contribution in [3.63, 3.8) is 0 Å². The van der Waals surface area contributed by atoms with E-state index < -0.39 is 6.10 Å². The van der Waals surface area contributed by atoms with Crippen molar-refractivity contribution < 1.29 is 9.50 Å². The van der Waals surface area contributed by atoms with E-state index in [0.717, 1.165) is 10.9 Å². The highest BCUT2D eigenvalue weighted by molar-refractivity contribution is 5.86. The minimum Gasteiger partial charge on any atom is -0.388 e. The van der Waals surface area contributed by atoms with Crippen molar-refractivity contribution in [2.45, 2.75) is 19.4 Å². The van der Waals surface area contributed by atoms with E-state index in [1.165, 1.54) is 6.07 Å². The first-order valence-electron chi connectivity index (χ1n) is 5.09. The van der Waals surface area contributed by atoms with Gasteiger partial charge in [0, 0.05) is 5.39 Å². The predicted octanol–water partition coefficient (Wildman–Crippen LogP) is 3.42. The van der Waals surface area contributed by atoms with E-state index >= 15 is 0 Å². The molecule has 0 aliphatic carbocycles. The largest absolute Gasteiger partial charge is 0.388 e. The normalized spacial score (nSPS) is 13.0. The first kappa shape index (κ1) is 10.1. The lowest BCUT2D eigenvalue weighted by Gasteiger charge is -2.11. The van der Waals surface area contributed by atoms with Crippen LogP contribution in [-0.2, 0) is 0 Å². The number of aliphatic hydroxyl groups is 1. The topological polar surface area (TPSA) is 20.2 Å². The molecule has 15 heavy (non-hydrogen) atoms. The van der Waals surface area contributed by atoms with Crippen LogP contribution in [0.1, 0.15) is 25.0 Å². The van der Waals surface area contributed by atoms with E-state index in [4.69, 9.17) is 0 Å². The number of benzene rings is 2. The van der Waals surface area contributed by atoms with Gasteiger partial charge in [-0.15, -0.1) is 0 Å². The number of hydrogen-bond donors (Lipinski definition) is 1. The van der Waals surface area contributed by atoms with E-state index in [1.54, 1.807) is 18.2 Å². The van der Waals surface area contributed by atoms with Crippen LogP contribution in [-0.4, -0.2) is 5.11 Å². The van der Waals surface area contributed by atoms with Crippen molar-refractivity contribution >= 4 is 10.8 Å². The quantitative estimate of drug-likeness (QED) is 0.794. The van der Waals surface area contributed by atoms with Gasteiger partial charge in [-0.2, -0.15) is 0 Å². The second-order valence-electron chi connectivity index (χ2n) is 3.61. The van der Waals surface area contributed by atoms with Gasteiger partial charge in [-0.3, -0.25) is 0 Å². The molecule has 1 nitrogen and oxygen atoms in total. The molecule has 0 fully saturated rings. The summed E-state index contributed by atoms with van der Waals surface area (Å²) in [5.74, 6) is -0.238. The molecule has 0 saturated carbocycles. The van der Waals surface area contributed by atoms with Gasteiger partial charge < -0.3 is 5.11 Å². The van der Waals surface area contributed by atoms with Gasteiger partial charge in [0.2, 0.25) is 0 Å². The molecule has 0 aliphatic heterocycles. The van der Waals surface area contributed by atoms with Gasteiger partial charge in [0.15, 0.2) is 0 Å². The molecule has 2 heteroatoms. The van der Waals surface area contributed by atoms with Crippen molar-refractivity contribution in [3.8, 4) is 0 Å². The van der Waals surface area contributed by atoms with Gasteiger partial charge in [0.05, 0.1) is 6.10 Å². The summed E-state index contributed by atoms with van der Waals surface area (Å²) in [5.41, 5.74) is 0.800. The summed E-state index contributed by atoms with van der Waals surface area (Å²) in [6, 6.07) is 10.3. The minimum atomic E-state index is -0.518. The average molecular weight is 204 g/mol. The second kappa shape index (κ2) is 3.99. The third-order valence-corrected chi connectivity index (χ3v) is 2.65. The molecule has 2 rings (SSSR count). The zero-order chi connectivity index (χ0) is 10.8. The Balaban J connectivity index is 2.71. The van der Waals surface area contributed by atoms with Crippen LogP contribution >= 0.6 is 0 Å². The Bertz CT molecular complexity index is 479. The average Bonchev–Trinajstić information content (AvgIpc) is 2.29. The Morgan fingerprint density at radius 3 is 2.47 bits per heavy atom. The summed E-state index contributed by atoms with van der Waals surface area (Å²) in [7, 11) is 0. The molecule has 0 unspecified atom stereocenters. The highest BCUT2D eigenvalue weighted by Crippen LogP contribution is 2.27. The number of fused-ring (bicyclic) bond motifs is 1. The number of aliphatic hydroxyl groups excluding tert-OH is 1. The van der Waals surface area contributed by atoms with Crippen LogP contribution in [0.2, 0.25) is 0 Å². The second-order valence-corrected chi connectivity index (χ2v) is 3.61. The van der Waals surface area contributed by atoms with E-state index in [2.05, 4.69) is 0 Å². The maximum atomic E-state index is 13.5. The zero-order valence-corrected chi connectivity index (χ0v) is 8.57. The summed E-state index contributed by atoms with van der Waals surface area (Å²) in [4.78, 5) is 0. The van der Waals surface area contributed by atoms with E-state index in [9.17, 15) is 9.50 Å². The van der Waals surface area contributed by atoms with Crippen LogP contribution in [0.3, 0.4) is 0 Å². The lowest BCUT2D eigenvalue weighted by Crippen LogP contribution is -1.97.